The van der Waals surface area contributed by atoms with Gasteiger partial charge in [0.2, 0.25) is 0 Å². The van der Waals surface area contributed by atoms with Crippen LogP contribution in [0.4, 0.5) is 31.1 Å². The standard InChI is InChI=1S/C21H16F6N6O/c1-9(14-6-7-16(31-30-14)21(25,26)27)29-19(34)33-18-13-5-4-12(20(22,23)24)8-15(13)28-10(2)17(18)11(3)32-33/h4-9H,1-3H3,(H,29,34)/t9-/m1/s1. The van der Waals surface area contributed by atoms with Crippen molar-refractivity contribution in [3.63, 3.8) is 0 Å². The van der Waals surface area contributed by atoms with E-state index in [1.54, 1.807) is 13.8 Å². The van der Waals surface area contributed by atoms with E-state index in [4.69, 9.17) is 0 Å². The lowest BCUT2D eigenvalue weighted by molar-refractivity contribution is -0.141. The molecule has 7 nitrogen and oxygen atoms in total. The summed E-state index contributed by atoms with van der Waals surface area (Å²) in [5.41, 5.74) is -0.859. The van der Waals surface area contributed by atoms with Gasteiger partial charge in [0, 0.05) is 16.5 Å². The lowest BCUT2D eigenvalue weighted by Gasteiger charge is -2.14. The maximum Gasteiger partial charge on any atom is 0.435 e. The van der Waals surface area contributed by atoms with E-state index in [2.05, 4.69) is 25.6 Å². The Kier molecular flexibility index (Phi) is 5.45. The van der Waals surface area contributed by atoms with Crippen LogP contribution in [0.2, 0.25) is 0 Å². The number of nitrogens with one attached hydrogen (secondary N) is 1. The van der Waals surface area contributed by atoms with Gasteiger partial charge in [-0.25, -0.2) is 4.79 Å². The zero-order chi connectivity index (χ0) is 25.0. The summed E-state index contributed by atoms with van der Waals surface area (Å²) in [4.78, 5) is 17.3. The summed E-state index contributed by atoms with van der Waals surface area (Å²) in [6.07, 6.45) is -9.22. The van der Waals surface area contributed by atoms with Gasteiger partial charge in [-0.3, -0.25) is 4.98 Å². The first-order valence-electron chi connectivity index (χ1n) is 9.86. The topological polar surface area (TPSA) is 85.6 Å². The van der Waals surface area contributed by atoms with Gasteiger partial charge < -0.3 is 5.32 Å². The lowest BCUT2D eigenvalue weighted by Crippen LogP contribution is -2.32. The number of hydrogen-bond donors (Lipinski definition) is 1. The molecule has 4 rings (SSSR count). The smallest absolute Gasteiger partial charge is 0.328 e. The molecule has 0 fully saturated rings. The number of fused-ring (bicyclic) bond motifs is 3. The molecule has 0 bridgehead atoms. The van der Waals surface area contributed by atoms with Gasteiger partial charge in [0.1, 0.15) is 0 Å². The maximum atomic E-state index is 13.2. The molecule has 0 saturated carbocycles. The number of pyridine rings is 1. The van der Waals surface area contributed by atoms with Gasteiger partial charge in [-0.05, 0) is 45.0 Å². The van der Waals surface area contributed by atoms with Gasteiger partial charge in [0.15, 0.2) is 5.69 Å². The maximum absolute atomic E-state index is 13.2. The summed E-state index contributed by atoms with van der Waals surface area (Å²) >= 11 is 0. The summed E-state index contributed by atoms with van der Waals surface area (Å²) in [6.45, 7) is 4.72. The van der Waals surface area contributed by atoms with Gasteiger partial charge in [-0.2, -0.15) is 41.2 Å². The quantitative estimate of drug-likeness (QED) is 0.390. The second-order valence-electron chi connectivity index (χ2n) is 7.66. The highest BCUT2D eigenvalue weighted by Crippen LogP contribution is 2.34. The zero-order valence-electron chi connectivity index (χ0n) is 17.9. The number of amides is 1. The van der Waals surface area contributed by atoms with Crippen molar-refractivity contribution in [3.05, 3.63) is 58.7 Å². The van der Waals surface area contributed by atoms with Gasteiger partial charge >= 0.3 is 18.4 Å². The third-order valence-corrected chi connectivity index (χ3v) is 5.24. The highest BCUT2D eigenvalue weighted by molar-refractivity contribution is 6.08. The Balaban J connectivity index is 1.74. The number of carbonyl (C=O) groups excluding carboxylic acids is 1. The molecule has 0 unspecified atom stereocenters. The predicted molar refractivity (Wildman–Crippen MR) is 109 cm³/mol. The molecule has 1 atom stereocenters. The van der Waals surface area contributed by atoms with Crippen molar-refractivity contribution in [2.24, 2.45) is 0 Å². The third-order valence-electron chi connectivity index (χ3n) is 5.24. The number of benzene rings is 1. The Morgan fingerprint density at radius 1 is 0.971 bits per heavy atom. The largest absolute Gasteiger partial charge is 0.435 e. The van der Waals surface area contributed by atoms with Crippen molar-refractivity contribution in [3.8, 4) is 0 Å². The van der Waals surface area contributed by atoms with Crippen molar-refractivity contribution < 1.29 is 31.1 Å². The highest BCUT2D eigenvalue weighted by Gasteiger charge is 2.33. The van der Waals surface area contributed by atoms with Crippen molar-refractivity contribution in [2.75, 3.05) is 0 Å². The molecule has 1 amide bonds. The monoisotopic (exact) mass is 482 g/mol. The molecule has 13 heteroatoms. The fourth-order valence-corrected chi connectivity index (χ4v) is 3.64. The Labute approximate surface area is 187 Å². The Morgan fingerprint density at radius 3 is 2.26 bits per heavy atom. The van der Waals surface area contributed by atoms with E-state index in [0.29, 0.717) is 16.8 Å². The molecule has 0 saturated heterocycles. The number of rotatable bonds is 2. The second kappa shape index (κ2) is 7.92. The van der Waals surface area contributed by atoms with E-state index in [9.17, 15) is 31.1 Å². The summed E-state index contributed by atoms with van der Waals surface area (Å²) in [7, 11) is 0. The van der Waals surface area contributed by atoms with E-state index in [1.807, 2.05) is 0 Å². The van der Waals surface area contributed by atoms with Crippen LogP contribution in [0.5, 0.6) is 0 Å². The van der Waals surface area contributed by atoms with Crippen LogP contribution >= 0.6 is 0 Å². The van der Waals surface area contributed by atoms with E-state index in [0.717, 1.165) is 28.9 Å². The molecular formula is C21H16F6N6O. The number of aromatic nitrogens is 5. The number of alkyl halides is 6. The average molecular weight is 482 g/mol. The van der Waals surface area contributed by atoms with Crippen molar-refractivity contribution in [1.29, 1.82) is 0 Å². The van der Waals surface area contributed by atoms with Gasteiger partial charge in [0.25, 0.3) is 0 Å². The molecule has 4 aromatic rings. The Bertz CT molecular complexity index is 1410. The van der Waals surface area contributed by atoms with E-state index in [-0.39, 0.29) is 22.1 Å². The number of carbonyl (C=O) groups is 1. The molecule has 0 aliphatic rings. The molecule has 178 valence electrons. The molecule has 3 aromatic heterocycles. The van der Waals surface area contributed by atoms with Crippen LogP contribution in [-0.4, -0.2) is 31.0 Å². The van der Waals surface area contributed by atoms with Crippen molar-refractivity contribution in [2.45, 2.75) is 39.2 Å². The summed E-state index contributed by atoms with van der Waals surface area (Å²) < 4.78 is 78.6. The molecule has 0 aliphatic heterocycles. The molecule has 0 aliphatic carbocycles. The Morgan fingerprint density at radius 2 is 1.68 bits per heavy atom. The molecule has 34 heavy (non-hydrogen) atoms. The van der Waals surface area contributed by atoms with E-state index < -0.39 is 35.7 Å². The van der Waals surface area contributed by atoms with E-state index >= 15 is 0 Å². The van der Waals surface area contributed by atoms with Crippen LogP contribution in [-0.2, 0) is 12.4 Å². The number of aryl methyl sites for hydroxylation is 2. The Hall–Kier alpha value is -3.77. The van der Waals surface area contributed by atoms with Crippen LogP contribution in [0, 0.1) is 13.8 Å². The highest BCUT2D eigenvalue weighted by atomic mass is 19.4. The summed E-state index contributed by atoms with van der Waals surface area (Å²) in [6, 6.07) is 3.26. The van der Waals surface area contributed by atoms with Crippen LogP contribution in [0.25, 0.3) is 21.8 Å². The molecule has 1 aromatic carbocycles. The fourth-order valence-electron chi connectivity index (χ4n) is 3.64. The number of nitrogens with zero attached hydrogens (tertiary/aromatic N) is 5. The molecule has 0 spiro atoms. The van der Waals surface area contributed by atoms with Crippen LogP contribution in [0.3, 0.4) is 0 Å². The first-order chi connectivity index (χ1) is 15.8. The minimum absolute atomic E-state index is 0.0374. The summed E-state index contributed by atoms with van der Waals surface area (Å²) in [5, 5.41) is 14.2. The normalized spacial score (nSPS) is 13.4. The SMILES string of the molecule is Cc1nc2cc(C(F)(F)F)ccc2c2c1c(C)nn2C(=O)N[C@H](C)c1ccc(C(F)(F)F)nn1. The van der Waals surface area contributed by atoms with Crippen LogP contribution in [0.1, 0.15) is 41.3 Å². The third kappa shape index (κ3) is 4.13. The van der Waals surface area contributed by atoms with Gasteiger partial charge in [-0.1, -0.05) is 6.07 Å². The number of hydrogen-bond acceptors (Lipinski definition) is 5. The lowest BCUT2D eigenvalue weighted by atomic mass is 10.1. The summed E-state index contributed by atoms with van der Waals surface area (Å²) in [5.74, 6) is 0. The van der Waals surface area contributed by atoms with Gasteiger partial charge in [0.05, 0.1) is 34.0 Å². The second-order valence-corrected chi connectivity index (χ2v) is 7.66. The predicted octanol–water partition coefficient (Wildman–Crippen LogP) is 5.35. The van der Waals surface area contributed by atoms with Crippen LogP contribution in [0.15, 0.2) is 30.3 Å². The zero-order valence-corrected chi connectivity index (χ0v) is 17.9. The number of halogens is 6. The molecule has 1 N–H and O–H groups in total. The first kappa shape index (κ1) is 23.4. The molecule has 0 radical (unpaired) electrons. The van der Waals surface area contributed by atoms with Crippen molar-refractivity contribution >= 4 is 27.8 Å². The minimum Gasteiger partial charge on any atom is -0.328 e. The van der Waals surface area contributed by atoms with Crippen LogP contribution < -0.4 is 5.32 Å². The van der Waals surface area contributed by atoms with Gasteiger partial charge in [-0.15, -0.1) is 5.10 Å². The minimum atomic E-state index is -4.65. The van der Waals surface area contributed by atoms with Crippen molar-refractivity contribution in [1.82, 2.24) is 30.3 Å². The molecule has 3 heterocycles. The first-order valence-corrected chi connectivity index (χ1v) is 9.86. The molecular weight excluding hydrogens is 466 g/mol. The van der Waals surface area contributed by atoms with E-state index in [1.165, 1.54) is 13.0 Å². The average Bonchev–Trinajstić information content (AvgIpc) is 3.10. The fraction of sp³-hybridized carbons (Fsp3) is 0.286.